The summed E-state index contributed by atoms with van der Waals surface area (Å²) in [5.74, 6) is 5.54. The van der Waals surface area contributed by atoms with E-state index in [2.05, 4.69) is 31.4 Å². The van der Waals surface area contributed by atoms with Gasteiger partial charge in [-0.2, -0.15) is 18.3 Å². The molecule has 21 heavy (non-hydrogen) atoms. The van der Waals surface area contributed by atoms with Crippen LogP contribution in [0.5, 0.6) is 0 Å². The monoisotopic (exact) mass is 363 g/mol. The van der Waals surface area contributed by atoms with Crippen LogP contribution in [0.4, 0.5) is 13.2 Å². The highest BCUT2D eigenvalue weighted by atomic mass is 79.9. The minimum atomic E-state index is -4.41. The van der Waals surface area contributed by atoms with E-state index in [9.17, 15) is 13.2 Å². The molecule has 0 aromatic carbocycles. The summed E-state index contributed by atoms with van der Waals surface area (Å²) in [6, 6.07) is 1.71. The Hall–Kier alpha value is -1.45. The number of rotatable bonds is 4. The smallest absolute Gasteiger partial charge is 0.270 e. The number of nitrogens with one attached hydrogen (secondary N) is 1. The van der Waals surface area contributed by atoms with Crippen LogP contribution < -0.4 is 11.3 Å². The molecule has 9 heteroatoms. The van der Waals surface area contributed by atoms with Gasteiger partial charge in [0.15, 0.2) is 0 Å². The second-order valence-electron chi connectivity index (χ2n) is 4.26. The Bertz CT molecular complexity index is 608. The van der Waals surface area contributed by atoms with Gasteiger partial charge in [0, 0.05) is 12.7 Å². The Morgan fingerprint density at radius 3 is 2.57 bits per heavy atom. The Morgan fingerprint density at radius 2 is 2.10 bits per heavy atom. The first kappa shape index (κ1) is 15.9. The van der Waals surface area contributed by atoms with E-state index < -0.39 is 17.8 Å². The fourth-order valence-corrected chi connectivity index (χ4v) is 2.48. The van der Waals surface area contributed by atoms with E-state index in [1.807, 2.05) is 6.92 Å². The van der Waals surface area contributed by atoms with Crippen molar-refractivity contribution in [1.82, 2.24) is 20.2 Å². The van der Waals surface area contributed by atoms with E-state index in [1.165, 1.54) is 6.07 Å². The lowest BCUT2D eigenvalue weighted by molar-refractivity contribution is -0.137. The van der Waals surface area contributed by atoms with Gasteiger partial charge in [0.05, 0.1) is 27.6 Å². The molecule has 1 atom stereocenters. The summed E-state index contributed by atoms with van der Waals surface area (Å²) in [5.41, 5.74) is 2.84. The molecule has 0 radical (unpaired) electrons. The molecule has 2 aromatic heterocycles. The van der Waals surface area contributed by atoms with Gasteiger partial charge >= 0.3 is 6.18 Å². The molecule has 0 spiro atoms. The van der Waals surface area contributed by atoms with Gasteiger partial charge in [-0.05, 0) is 35.0 Å². The number of hydrogen-bond donors (Lipinski definition) is 2. The molecule has 0 bridgehead atoms. The highest BCUT2D eigenvalue weighted by molar-refractivity contribution is 9.10. The Kier molecular flexibility index (Phi) is 4.64. The molecule has 2 heterocycles. The molecular weight excluding hydrogens is 351 g/mol. The van der Waals surface area contributed by atoms with Crippen molar-refractivity contribution in [2.75, 3.05) is 0 Å². The summed E-state index contributed by atoms with van der Waals surface area (Å²) in [5, 5.41) is 4.15. The van der Waals surface area contributed by atoms with Gasteiger partial charge < -0.3 is 0 Å². The topological polar surface area (TPSA) is 68.8 Å². The number of aromatic nitrogens is 3. The largest absolute Gasteiger partial charge is 0.417 e. The minimum Gasteiger partial charge on any atom is -0.270 e. The number of hydrogen-bond acceptors (Lipinski definition) is 4. The van der Waals surface area contributed by atoms with Gasteiger partial charge in [0.2, 0.25) is 0 Å². The van der Waals surface area contributed by atoms with Crippen LogP contribution in [0.2, 0.25) is 0 Å². The summed E-state index contributed by atoms with van der Waals surface area (Å²) < 4.78 is 40.1. The standard InChI is InChI=1S/C12H13BrF3N5/c1-2-21-11(8(13)6-19-21)10(20-17)9-4-3-7(5-18-9)12(14,15)16/h3-6,10,20H,2,17H2,1H3. The summed E-state index contributed by atoms with van der Waals surface area (Å²) in [6.45, 7) is 2.50. The Labute approximate surface area is 127 Å². The maximum Gasteiger partial charge on any atom is 0.417 e. The average molecular weight is 364 g/mol. The van der Waals surface area contributed by atoms with Gasteiger partial charge in [-0.25, -0.2) is 5.43 Å². The van der Waals surface area contributed by atoms with E-state index in [-0.39, 0.29) is 0 Å². The summed E-state index contributed by atoms with van der Waals surface area (Å²) in [6.07, 6.45) is -2.02. The lowest BCUT2D eigenvalue weighted by atomic mass is 10.1. The predicted octanol–water partition coefficient (Wildman–Crippen LogP) is 2.63. The van der Waals surface area contributed by atoms with Crippen LogP contribution in [0.1, 0.15) is 29.9 Å². The molecule has 0 saturated heterocycles. The molecule has 0 fully saturated rings. The molecule has 0 aliphatic carbocycles. The van der Waals surface area contributed by atoms with Crippen molar-refractivity contribution in [2.45, 2.75) is 25.7 Å². The van der Waals surface area contributed by atoms with Crippen LogP contribution >= 0.6 is 15.9 Å². The van der Waals surface area contributed by atoms with Crippen molar-refractivity contribution in [3.05, 3.63) is 46.0 Å². The van der Waals surface area contributed by atoms with E-state index in [4.69, 9.17) is 5.84 Å². The molecule has 5 nitrogen and oxygen atoms in total. The Morgan fingerprint density at radius 1 is 1.38 bits per heavy atom. The molecule has 1 unspecified atom stereocenters. The van der Waals surface area contributed by atoms with E-state index in [0.29, 0.717) is 22.4 Å². The number of hydrazine groups is 1. The fraction of sp³-hybridized carbons (Fsp3) is 0.333. The average Bonchev–Trinajstić information content (AvgIpc) is 2.81. The third kappa shape index (κ3) is 3.25. The highest BCUT2D eigenvalue weighted by Gasteiger charge is 2.31. The summed E-state index contributed by atoms with van der Waals surface area (Å²) >= 11 is 3.36. The lowest BCUT2D eigenvalue weighted by Gasteiger charge is -2.18. The van der Waals surface area contributed by atoms with Crippen molar-refractivity contribution in [2.24, 2.45) is 5.84 Å². The zero-order chi connectivity index (χ0) is 15.6. The van der Waals surface area contributed by atoms with Gasteiger partial charge in [-0.15, -0.1) is 0 Å². The number of nitrogens with zero attached hydrogens (tertiary/aromatic N) is 3. The molecule has 2 rings (SSSR count). The highest BCUT2D eigenvalue weighted by Crippen LogP contribution is 2.31. The number of halogens is 4. The molecule has 0 aliphatic rings. The first-order valence-electron chi connectivity index (χ1n) is 6.09. The van der Waals surface area contributed by atoms with Crippen molar-refractivity contribution in [3.63, 3.8) is 0 Å². The van der Waals surface area contributed by atoms with Crippen molar-refractivity contribution < 1.29 is 13.2 Å². The quantitative estimate of drug-likeness (QED) is 0.647. The van der Waals surface area contributed by atoms with Crippen LogP contribution in [-0.2, 0) is 12.7 Å². The van der Waals surface area contributed by atoms with Crippen LogP contribution in [-0.4, -0.2) is 14.8 Å². The van der Waals surface area contributed by atoms with Crippen molar-refractivity contribution in [3.8, 4) is 0 Å². The molecule has 2 aromatic rings. The maximum absolute atomic E-state index is 12.6. The molecule has 3 N–H and O–H groups in total. The van der Waals surface area contributed by atoms with Gasteiger partial charge in [-0.1, -0.05) is 0 Å². The first-order valence-corrected chi connectivity index (χ1v) is 6.88. The van der Waals surface area contributed by atoms with Crippen LogP contribution in [0.3, 0.4) is 0 Å². The van der Waals surface area contributed by atoms with E-state index in [0.717, 1.165) is 12.3 Å². The maximum atomic E-state index is 12.6. The third-order valence-corrected chi connectivity index (χ3v) is 3.59. The van der Waals surface area contributed by atoms with Crippen LogP contribution in [0.15, 0.2) is 29.0 Å². The number of aryl methyl sites for hydroxylation is 1. The minimum absolute atomic E-state index is 0.376. The molecule has 0 saturated carbocycles. The zero-order valence-electron chi connectivity index (χ0n) is 11.0. The van der Waals surface area contributed by atoms with E-state index in [1.54, 1.807) is 10.9 Å². The van der Waals surface area contributed by atoms with Gasteiger partial charge in [0.1, 0.15) is 6.04 Å². The van der Waals surface area contributed by atoms with Gasteiger partial charge in [-0.3, -0.25) is 15.5 Å². The molecular formula is C12H13BrF3N5. The number of alkyl halides is 3. The lowest BCUT2D eigenvalue weighted by Crippen LogP contribution is -2.31. The fourth-order valence-electron chi connectivity index (χ4n) is 1.96. The zero-order valence-corrected chi connectivity index (χ0v) is 12.6. The van der Waals surface area contributed by atoms with Crippen molar-refractivity contribution >= 4 is 15.9 Å². The normalized spacial score (nSPS) is 13.4. The number of nitrogens with two attached hydrogens (primary N) is 1. The predicted molar refractivity (Wildman–Crippen MR) is 74.0 cm³/mol. The Balaban J connectivity index is 2.40. The third-order valence-electron chi connectivity index (χ3n) is 2.98. The number of pyridine rings is 1. The SMILES string of the molecule is CCn1ncc(Br)c1C(NN)c1ccc(C(F)(F)F)cn1. The first-order chi connectivity index (χ1) is 9.88. The van der Waals surface area contributed by atoms with Gasteiger partial charge in [0.25, 0.3) is 0 Å². The van der Waals surface area contributed by atoms with E-state index >= 15 is 0 Å². The van der Waals surface area contributed by atoms with Crippen LogP contribution in [0, 0.1) is 0 Å². The second-order valence-corrected chi connectivity index (χ2v) is 5.12. The van der Waals surface area contributed by atoms with Crippen LogP contribution in [0.25, 0.3) is 0 Å². The molecule has 0 aliphatic heterocycles. The summed E-state index contributed by atoms with van der Waals surface area (Å²) in [4.78, 5) is 3.86. The second kappa shape index (κ2) is 6.12. The van der Waals surface area contributed by atoms with Crippen molar-refractivity contribution in [1.29, 1.82) is 0 Å². The molecule has 0 amide bonds. The molecule has 114 valence electrons. The summed E-state index contributed by atoms with van der Waals surface area (Å²) in [7, 11) is 0.